The summed E-state index contributed by atoms with van der Waals surface area (Å²) in [5.41, 5.74) is 5.18. The van der Waals surface area contributed by atoms with Gasteiger partial charge >= 0.3 is 5.97 Å². The summed E-state index contributed by atoms with van der Waals surface area (Å²) in [4.78, 5) is 11.9. The molecule has 1 unspecified atom stereocenters. The Morgan fingerprint density at radius 2 is 1.97 bits per heavy atom. The van der Waals surface area contributed by atoms with E-state index in [0.717, 1.165) is 27.8 Å². The van der Waals surface area contributed by atoms with Crippen molar-refractivity contribution in [2.45, 2.75) is 43.0 Å². The van der Waals surface area contributed by atoms with Crippen molar-refractivity contribution in [2.75, 3.05) is 7.11 Å². The largest absolute Gasteiger partial charge is 0.469 e. The van der Waals surface area contributed by atoms with E-state index in [0.29, 0.717) is 30.7 Å². The SMILES string of the molecule is C=Cc1cc2c(c(CCC(=O)OC)c1C=C)CCC(NS(=O)(=O)c1ccc(Cl)cc1)C2. The molecule has 5 nitrogen and oxygen atoms in total. The lowest BCUT2D eigenvalue weighted by Crippen LogP contribution is -2.39. The summed E-state index contributed by atoms with van der Waals surface area (Å²) in [6.07, 6.45) is 6.30. The van der Waals surface area contributed by atoms with Crippen LogP contribution in [-0.2, 0) is 38.8 Å². The second kappa shape index (κ2) is 9.81. The van der Waals surface area contributed by atoms with E-state index in [2.05, 4.69) is 17.9 Å². The van der Waals surface area contributed by atoms with E-state index in [4.69, 9.17) is 16.3 Å². The molecule has 0 saturated heterocycles. The van der Waals surface area contributed by atoms with Gasteiger partial charge in [-0.2, -0.15) is 0 Å². The zero-order chi connectivity index (χ0) is 22.6. The number of rotatable bonds is 8. The molecule has 164 valence electrons. The molecule has 1 aliphatic rings. The Bertz CT molecular complexity index is 1110. The fraction of sp³-hybridized carbons (Fsp3) is 0.292. The highest BCUT2D eigenvalue weighted by Gasteiger charge is 2.27. The molecule has 2 aromatic carbocycles. The molecule has 3 rings (SSSR count). The van der Waals surface area contributed by atoms with Crippen LogP contribution in [-0.4, -0.2) is 27.5 Å². The second-order valence-corrected chi connectivity index (χ2v) is 9.65. The average Bonchev–Trinajstić information content (AvgIpc) is 2.76. The molecule has 0 saturated carbocycles. The predicted octanol–water partition coefficient (Wildman–Crippen LogP) is 4.57. The van der Waals surface area contributed by atoms with Crippen LogP contribution in [0.25, 0.3) is 12.2 Å². The van der Waals surface area contributed by atoms with Crippen LogP contribution in [0, 0.1) is 0 Å². The lowest BCUT2D eigenvalue weighted by molar-refractivity contribution is -0.140. The molecule has 0 aliphatic heterocycles. The van der Waals surface area contributed by atoms with E-state index in [-0.39, 0.29) is 23.3 Å². The molecule has 0 bridgehead atoms. The van der Waals surface area contributed by atoms with Crippen LogP contribution in [0.2, 0.25) is 5.02 Å². The van der Waals surface area contributed by atoms with Crippen molar-refractivity contribution in [1.82, 2.24) is 4.72 Å². The van der Waals surface area contributed by atoms with Gasteiger partial charge in [0.2, 0.25) is 10.0 Å². The fourth-order valence-corrected chi connectivity index (χ4v) is 5.49. The molecule has 0 fully saturated rings. The van der Waals surface area contributed by atoms with Crippen molar-refractivity contribution in [1.29, 1.82) is 0 Å². The Kier molecular flexibility index (Phi) is 7.36. The van der Waals surface area contributed by atoms with Crippen molar-refractivity contribution < 1.29 is 17.9 Å². The third-order valence-electron chi connectivity index (χ3n) is 5.60. The monoisotopic (exact) mass is 459 g/mol. The number of halogens is 1. The maximum Gasteiger partial charge on any atom is 0.305 e. The van der Waals surface area contributed by atoms with Gasteiger partial charge in [0.25, 0.3) is 0 Å². The number of hydrogen-bond donors (Lipinski definition) is 1. The molecule has 7 heteroatoms. The normalized spacial score (nSPS) is 15.7. The second-order valence-electron chi connectivity index (χ2n) is 7.50. The minimum Gasteiger partial charge on any atom is -0.469 e. The highest BCUT2D eigenvalue weighted by Crippen LogP contribution is 2.32. The lowest BCUT2D eigenvalue weighted by atomic mass is 9.80. The van der Waals surface area contributed by atoms with Crippen LogP contribution in [0.5, 0.6) is 0 Å². The van der Waals surface area contributed by atoms with Gasteiger partial charge in [0.15, 0.2) is 0 Å². The summed E-state index contributed by atoms with van der Waals surface area (Å²) in [7, 11) is -2.27. The summed E-state index contributed by atoms with van der Waals surface area (Å²) in [5.74, 6) is -0.267. The summed E-state index contributed by atoms with van der Waals surface area (Å²) < 4.78 is 33.2. The first-order valence-corrected chi connectivity index (χ1v) is 11.9. The van der Waals surface area contributed by atoms with Crippen LogP contribution in [0.3, 0.4) is 0 Å². The number of benzene rings is 2. The highest BCUT2D eigenvalue weighted by molar-refractivity contribution is 7.89. The highest BCUT2D eigenvalue weighted by atomic mass is 35.5. The van der Waals surface area contributed by atoms with E-state index in [1.165, 1.54) is 19.2 Å². The quantitative estimate of drug-likeness (QED) is 0.587. The number of carbonyl (C=O) groups excluding carboxylic acids is 1. The summed E-state index contributed by atoms with van der Waals surface area (Å²) in [5, 5.41) is 0.486. The summed E-state index contributed by atoms with van der Waals surface area (Å²) in [6.45, 7) is 7.84. The first-order chi connectivity index (χ1) is 14.8. The van der Waals surface area contributed by atoms with Gasteiger partial charge in [-0.15, -0.1) is 0 Å². The van der Waals surface area contributed by atoms with Gasteiger partial charge in [0.05, 0.1) is 12.0 Å². The topological polar surface area (TPSA) is 72.5 Å². The van der Waals surface area contributed by atoms with Gasteiger partial charge in [0, 0.05) is 17.5 Å². The minimum absolute atomic E-state index is 0.190. The van der Waals surface area contributed by atoms with E-state index < -0.39 is 10.0 Å². The Hall–Kier alpha value is -2.41. The number of carbonyl (C=O) groups is 1. The van der Waals surface area contributed by atoms with Crippen molar-refractivity contribution in [3.8, 4) is 0 Å². The van der Waals surface area contributed by atoms with Gasteiger partial charge in [-0.1, -0.05) is 43.0 Å². The standard InChI is InChI=1S/C24H26ClNO4S/c1-4-16-14-17-15-19(26-31(28,29)20-9-6-18(25)7-10-20)8-11-22(17)23(21(16)5-2)12-13-24(27)30-3/h4-7,9-10,14,19,26H,1-2,8,11-13,15H2,3H3. The van der Waals surface area contributed by atoms with Crippen molar-refractivity contribution >= 4 is 39.7 Å². The molecule has 0 amide bonds. The molecule has 31 heavy (non-hydrogen) atoms. The average molecular weight is 460 g/mol. The molecule has 0 spiro atoms. The molecule has 0 aromatic heterocycles. The zero-order valence-corrected chi connectivity index (χ0v) is 19.1. The molecule has 1 atom stereocenters. The van der Waals surface area contributed by atoms with Gasteiger partial charge in [-0.05, 0) is 77.8 Å². The summed E-state index contributed by atoms with van der Waals surface area (Å²) in [6, 6.07) is 7.94. The van der Waals surface area contributed by atoms with Crippen LogP contribution in [0.15, 0.2) is 48.4 Å². The maximum absolute atomic E-state index is 12.8. The van der Waals surface area contributed by atoms with E-state index in [1.807, 2.05) is 6.07 Å². The number of hydrogen-bond acceptors (Lipinski definition) is 4. The van der Waals surface area contributed by atoms with Crippen LogP contribution in [0.1, 0.15) is 40.7 Å². The van der Waals surface area contributed by atoms with Crippen molar-refractivity contribution in [2.24, 2.45) is 0 Å². The minimum atomic E-state index is -3.65. The molecule has 1 N–H and O–H groups in total. The maximum atomic E-state index is 12.8. The van der Waals surface area contributed by atoms with Gasteiger partial charge in [-0.3, -0.25) is 4.79 Å². The number of methoxy groups -OCH3 is 1. The number of fused-ring (bicyclic) bond motifs is 1. The number of ether oxygens (including phenoxy) is 1. The Balaban J connectivity index is 1.89. The molecule has 2 aromatic rings. The van der Waals surface area contributed by atoms with Gasteiger partial charge in [-0.25, -0.2) is 13.1 Å². The zero-order valence-electron chi connectivity index (χ0n) is 17.5. The Morgan fingerprint density at radius 1 is 1.26 bits per heavy atom. The first-order valence-electron chi connectivity index (χ1n) is 10.1. The van der Waals surface area contributed by atoms with E-state index in [9.17, 15) is 13.2 Å². The molecule has 0 radical (unpaired) electrons. The van der Waals surface area contributed by atoms with Crippen LogP contribution in [0.4, 0.5) is 0 Å². The predicted molar refractivity (Wildman–Crippen MR) is 125 cm³/mol. The van der Waals surface area contributed by atoms with E-state index >= 15 is 0 Å². The lowest BCUT2D eigenvalue weighted by Gasteiger charge is -2.29. The smallest absolute Gasteiger partial charge is 0.305 e. The van der Waals surface area contributed by atoms with Crippen LogP contribution < -0.4 is 4.72 Å². The third kappa shape index (κ3) is 5.26. The van der Waals surface area contributed by atoms with E-state index in [1.54, 1.807) is 24.3 Å². The molecule has 1 aliphatic carbocycles. The summed E-state index contributed by atoms with van der Waals surface area (Å²) >= 11 is 5.87. The Labute approximate surface area is 188 Å². The Morgan fingerprint density at radius 3 is 2.58 bits per heavy atom. The van der Waals surface area contributed by atoms with Crippen LogP contribution >= 0.6 is 11.6 Å². The van der Waals surface area contributed by atoms with Gasteiger partial charge in [0.1, 0.15) is 0 Å². The van der Waals surface area contributed by atoms with Gasteiger partial charge < -0.3 is 4.74 Å². The number of sulfonamides is 1. The van der Waals surface area contributed by atoms with Crippen molar-refractivity contribution in [3.05, 3.63) is 76.3 Å². The fourth-order valence-electron chi connectivity index (χ4n) is 4.09. The molecular weight excluding hydrogens is 434 g/mol. The molecule has 0 heterocycles. The molecular formula is C24H26ClNO4S. The third-order valence-corrected chi connectivity index (χ3v) is 7.39. The van der Waals surface area contributed by atoms with Crippen molar-refractivity contribution in [3.63, 3.8) is 0 Å². The number of nitrogens with one attached hydrogen (secondary N) is 1. The first kappa shape index (κ1) is 23.3. The number of esters is 1.